The van der Waals surface area contributed by atoms with Crippen LogP contribution in [0.15, 0.2) is 12.5 Å². The highest BCUT2D eigenvalue weighted by molar-refractivity contribution is 5.06. The summed E-state index contributed by atoms with van der Waals surface area (Å²) in [5.74, 6) is 1.42. The number of rotatable bonds is 2. The maximum atomic E-state index is 5.62. The molecule has 3 heteroatoms. The third kappa shape index (κ3) is 1.37. The van der Waals surface area contributed by atoms with Gasteiger partial charge in [0.2, 0.25) is 0 Å². The molecule has 0 spiro atoms. The van der Waals surface area contributed by atoms with Crippen LogP contribution in [0.1, 0.15) is 30.9 Å². The highest BCUT2D eigenvalue weighted by Gasteiger charge is 2.25. The van der Waals surface area contributed by atoms with Crippen LogP contribution in [0.2, 0.25) is 0 Å². The Labute approximate surface area is 72.4 Å². The number of H-pyrrole nitrogens is 1. The van der Waals surface area contributed by atoms with Gasteiger partial charge in [0.15, 0.2) is 0 Å². The Morgan fingerprint density at radius 1 is 1.58 bits per heavy atom. The lowest BCUT2D eigenvalue weighted by molar-refractivity contribution is 0.549. The zero-order valence-corrected chi connectivity index (χ0v) is 7.16. The van der Waals surface area contributed by atoms with Crippen LogP contribution in [0.4, 0.5) is 0 Å². The molecule has 3 nitrogen and oxygen atoms in total. The zero-order valence-electron chi connectivity index (χ0n) is 7.16. The van der Waals surface area contributed by atoms with Gasteiger partial charge in [-0.1, -0.05) is 0 Å². The summed E-state index contributed by atoms with van der Waals surface area (Å²) in [6.07, 6.45) is 7.47. The molecule has 2 atom stereocenters. The van der Waals surface area contributed by atoms with Crippen molar-refractivity contribution in [2.24, 2.45) is 11.7 Å². The molecule has 0 bridgehead atoms. The number of nitrogens with one attached hydrogen (secondary N) is 1. The molecule has 0 saturated heterocycles. The molecule has 0 aromatic carbocycles. The maximum absolute atomic E-state index is 5.62. The van der Waals surface area contributed by atoms with Crippen LogP contribution in [-0.2, 0) is 0 Å². The molecule has 2 rings (SSSR count). The Hall–Kier alpha value is -0.830. The Balaban J connectivity index is 2.00. The van der Waals surface area contributed by atoms with E-state index in [1.54, 1.807) is 6.33 Å². The van der Waals surface area contributed by atoms with Crippen molar-refractivity contribution in [2.45, 2.75) is 25.2 Å². The van der Waals surface area contributed by atoms with Crippen molar-refractivity contribution in [1.82, 2.24) is 9.97 Å². The Bertz CT molecular complexity index is 230. The largest absolute Gasteiger partial charge is 0.348 e. The minimum atomic E-state index is 0.682. The lowest BCUT2D eigenvalue weighted by Crippen LogP contribution is -2.10. The second-order valence-corrected chi connectivity index (χ2v) is 3.62. The van der Waals surface area contributed by atoms with Crippen LogP contribution >= 0.6 is 0 Å². The van der Waals surface area contributed by atoms with E-state index in [0.717, 1.165) is 12.5 Å². The average molecular weight is 165 g/mol. The van der Waals surface area contributed by atoms with Crippen LogP contribution in [-0.4, -0.2) is 16.5 Å². The predicted octanol–water partition coefficient (Wildman–Crippen LogP) is 1.25. The highest BCUT2D eigenvalue weighted by atomic mass is 14.9. The summed E-state index contributed by atoms with van der Waals surface area (Å²) >= 11 is 0. The third-order valence-electron chi connectivity index (χ3n) is 2.83. The number of hydrogen-bond acceptors (Lipinski definition) is 2. The molecule has 1 saturated carbocycles. The van der Waals surface area contributed by atoms with E-state index in [1.807, 2.05) is 6.20 Å². The van der Waals surface area contributed by atoms with Crippen LogP contribution < -0.4 is 5.73 Å². The number of hydrogen-bond donors (Lipinski definition) is 2. The van der Waals surface area contributed by atoms with Gasteiger partial charge in [0, 0.05) is 17.8 Å². The fourth-order valence-corrected chi connectivity index (χ4v) is 2.06. The Kier molecular flexibility index (Phi) is 2.13. The molecule has 0 aliphatic heterocycles. The molecule has 1 aliphatic rings. The first-order valence-electron chi connectivity index (χ1n) is 4.58. The van der Waals surface area contributed by atoms with Crippen molar-refractivity contribution < 1.29 is 0 Å². The van der Waals surface area contributed by atoms with Gasteiger partial charge in [-0.05, 0) is 31.7 Å². The van der Waals surface area contributed by atoms with Gasteiger partial charge in [0.1, 0.15) is 0 Å². The molecule has 0 unspecified atom stereocenters. The summed E-state index contributed by atoms with van der Waals surface area (Å²) in [6, 6.07) is 0. The fraction of sp³-hybridized carbons (Fsp3) is 0.667. The van der Waals surface area contributed by atoms with Crippen LogP contribution in [0.3, 0.4) is 0 Å². The standard InChI is InChI=1S/C9H15N3/c10-4-7-1-2-8(3-7)9-5-11-6-12-9/h5-8H,1-4,10H2,(H,11,12)/t7-,8+/m1/s1. The molecule has 1 aliphatic carbocycles. The molecule has 66 valence electrons. The topological polar surface area (TPSA) is 54.7 Å². The van der Waals surface area contributed by atoms with Gasteiger partial charge >= 0.3 is 0 Å². The summed E-state index contributed by atoms with van der Waals surface area (Å²) in [4.78, 5) is 7.20. The Morgan fingerprint density at radius 3 is 3.08 bits per heavy atom. The molecule has 3 N–H and O–H groups in total. The van der Waals surface area contributed by atoms with Gasteiger partial charge in [-0.25, -0.2) is 4.98 Å². The normalized spacial score (nSPS) is 29.4. The molecule has 1 aromatic heterocycles. The van der Waals surface area contributed by atoms with E-state index in [-0.39, 0.29) is 0 Å². The van der Waals surface area contributed by atoms with Crippen molar-refractivity contribution in [3.05, 3.63) is 18.2 Å². The second-order valence-electron chi connectivity index (χ2n) is 3.62. The van der Waals surface area contributed by atoms with Gasteiger partial charge < -0.3 is 10.7 Å². The molecule has 12 heavy (non-hydrogen) atoms. The number of nitrogens with zero attached hydrogens (tertiary/aromatic N) is 1. The van der Waals surface area contributed by atoms with E-state index >= 15 is 0 Å². The molecule has 1 aromatic rings. The van der Waals surface area contributed by atoms with E-state index in [2.05, 4.69) is 9.97 Å². The predicted molar refractivity (Wildman–Crippen MR) is 47.7 cm³/mol. The van der Waals surface area contributed by atoms with Crippen LogP contribution in [0.5, 0.6) is 0 Å². The number of aromatic amines is 1. The first-order valence-corrected chi connectivity index (χ1v) is 4.58. The summed E-state index contributed by atoms with van der Waals surface area (Å²) in [7, 11) is 0. The van der Waals surface area contributed by atoms with Crippen LogP contribution in [0, 0.1) is 5.92 Å². The molecule has 0 radical (unpaired) electrons. The summed E-state index contributed by atoms with van der Waals surface area (Å²) in [6.45, 7) is 0.838. The highest BCUT2D eigenvalue weighted by Crippen LogP contribution is 2.36. The van der Waals surface area contributed by atoms with Gasteiger partial charge in [-0.15, -0.1) is 0 Å². The molecular weight excluding hydrogens is 150 g/mol. The zero-order chi connectivity index (χ0) is 8.39. The SMILES string of the molecule is NC[C@@H]1CC[C@H](c2cnc[nH]2)C1. The third-order valence-corrected chi connectivity index (χ3v) is 2.83. The van der Waals surface area contributed by atoms with Crippen molar-refractivity contribution in [3.8, 4) is 0 Å². The van der Waals surface area contributed by atoms with Crippen molar-refractivity contribution in [3.63, 3.8) is 0 Å². The maximum Gasteiger partial charge on any atom is 0.0921 e. The van der Waals surface area contributed by atoms with Crippen LogP contribution in [0.25, 0.3) is 0 Å². The molecule has 1 fully saturated rings. The van der Waals surface area contributed by atoms with Crippen molar-refractivity contribution in [1.29, 1.82) is 0 Å². The van der Waals surface area contributed by atoms with E-state index in [1.165, 1.54) is 25.0 Å². The summed E-state index contributed by atoms with van der Waals surface area (Å²) in [5.41, 5.74) is 6.91. The lowest BCUT2D eigenvalue weighted by atomic mass is 10.0. The first kappa shape index (κ1) is 7.80. The summed E-state index contributed by atoms with van der Waals surface area (Å²) in [5, 5.41) is 0. The number of aromatic nitrogens is 2. The summed E-state index contributed by atoms with van der Waals surface area (Å²) < 4.78 is 0. The quantitative estimate of drug-likeness (QED) is 0.693. The van der Waals surface area contributed by atoms with E-state index in [0.29, 0.717) is 5.92 Å². The lowest BCUT2D eigenvalue weighted by Gasteiger charge is -2.06. The first-order chi connectivity index (χ1) is 5.90. The Morgan fingerprint density at radius 2 is 2.50 bits per heavy atom. The fourth-order valence-electron chi connectivity index (χ4n) is 2.06. The smallest absolute Gasteiger partial charge is 0.0921 e. The molecular formula is C9H15N3. The average Bonchev–Trinajstić information content (AvgIpc) is 2.75. The monoisotopic (exact) mass is 165 g/mol. The van der Waals surface area contributed by atoms with Gasteiger partial charge in [-0.2, -0.15) is 0 Å². The molecule has 0 amide bonds. The minimum Gasteiger partial charge on any atom is -0.348 e. The minimum absolute atomic E-state index is 0.682. The van der Waals surface area contributed by atoms with Crippen molar-refractivity contribution in [2.75, 3.05) is 6.54 Å². The van der Waals surface area contributed by atoms with Gasteiger partial charge in [0.25, 0.3) is 0 Å². The van der Waals surface area contributed by atoms with E-state index in [9.17, 15) is 0 Å². The van der Waals surface area contributed by atoms with Gasteiger partial charge in [-0.3, -0.25) is 0 Å². The van der Waals surface area contributed by atoms with Crippen molar-refractivity contribution >= 4 is 0 Å². The van der Waals surface area contributed by atoms with E-state index < -0.39 is 0 Å². The van der Waals surface area contributed by atoms with E-state index in [4.69, 9.17) is 5.73 Å². The second kappa shape index (κ2) is 3.27. The number of imidazole rings is 1. The number of nitrogens with two attached hydrogens (primary N) is 1. The molecule has 1 heterocycles. The van der Waals surface area contributed by atoms with Gasteiger partial charge in [0.05, 0.1) is 6.33 Å².